The summed E-state index contributed by atoms with van der Waals surface area (Å²) in [4.78, 5) is 0. The molecule has 0 amide bonds. The predicted octanol–water partition coefficient (Wildman–Crippen LogP) is 2.10. The fraction of sp³-hybridized carbons (Fsp3) is 1.00. The number of hydrogen-bond acceptors (Lipinski definition) is 5. The molecule has 0 aliphatic rings. The molecule has 0 saturated carbocycles. The van der Waals surface area contributed by atoms with Crippen molar-refractivity contribution in [2.24, 2.45) is 5.92 Å². The molecule has 1 atom stereocenters. The van der Waals surface area contributed by atoms with Crippen LogP contribution in [0.4, 0.5) is 0 Å². The zero-order valence-corrected chi connectivity index (χ0v) is 14.4. The molecule has 0 heterocycles. The standard InChI is InChI=1S/C16H35NO4/c1-5-6-7-18-8-9-19-10-11-20-12-13-21-14-16(17-4)15(2)3/h15-17H,5-14H2,1-4H3. The molecule has 0 aliphatic carbocycles. The van der Waals surface area contributed by atoms with E-state index in [2.05, 4.69) is 26.1 Å². The normalized spacial score (nSPS) is 13.0. The van der Waals surface area contributed by atoms with Crippen LogP contribution in [0.3, 0.4) is 0 Å². The topological polar surface area (TPSA) is 49.0 Å². The molecule has 0 radical (unpaired) electrons. The van der Waals surface area contributed by atoms with E-state index in [4.69, 9.17) is 18.9 Å². The van der Waals surface area contributed by atoms with E-state index in [9.17, 15) is 0 Å². The van der Waals surface area contributed by atoms with E-state index in [1.807, 2.05) is 7.05 Å². The van der Waals surface area contributed by atoms with Crippen LogP contribution >= 0.6 is 0 Å². The van der Waals surface area contributed by atoms with Crippen molar-refractivity contribution in [3.8, 4) is 0 Å². The minimum absolute atomic E-state index is 0.404. The summed E-state index contributed by atoms with van der Waals surface area (Å²) in [5, 5.41) is 3.25. The third-order valence-electron chi connectivity index (χ3n) is 3.23. The number of nitrogens with one attached hydrogen (secondary N) is 1. The lowest BCUT2D eigenvalue weighted by atomic mass is 10.1. The van der Waals surface area contributed by atoms with E-state index in [1.165, 1.54) is 6.42 Å². The Kier molecular flexibility index (Phi) is 16.0. The second-order valence-corrected chi connectivity index (χ2v) is 5.40. The van der Waals surface area contributed by atoms with Crippen molar-refractivity contribution in [2.45, 2.75) is 39.7 Å². The lowest BCUT2D eigenvalue weighted by Crippen LogP contribution is -2.35. The number of hydrogen-bond donors (Lipinski definition) is 1. The highest BCUT2D eigenvalue weighted by molar-refractivity contribution is 4.66. The molecule has 0 rings (SSSR count). The van der Waals surface area contributed by atoms with Crippen molar-refractivity contribution < 1.29 is 18.9 Å². The van der Waals surface area contributed by atoms with E-state index in [1.54, 1.807) is 0 Å². The SMILES string of the molecule is CCCCOCCOCCOCCOCC(NC)C(C)C. The summed E-state index contributed by atoms with van der Waals surface area (Å²) >= 11 is 0. The van der Waals surface area contributed by atoms with Gasteiger partial charge in [-0.3, -0.25) is 0 Å². The van der Waals surface area contributed by atoms with Gasteiger partial charge in [-0.15, -0.1) is 0 Å². The third kappa shape index (κ3) is 14.5. The summed E-state index contributed by atoms with van der Waals surface area (Å²) in [6.45, 7) is 11.9. The Morgan fingerprint density at radius 1 is 0.762 bits per heavy atom. The van der Waals surface area contributed by atoms with Crippen molar-refractivity contribution in [1.82, 2.24) is 5.32 Å². The Bertz CT molecular complexity index is 203. The molecule has 0 spiro atoms. The van der Waals surface area contributed by atoms with Crippen LogP contribution in [-0.4, -0.2) is 65.9 Å². The van der Waals surface area contributed by atoms with Crippen molar-refractivity contribution >= 4 is 0 Å². The molecule has 0 aromatic carbocycles. The van der Waals surface area contributed by atoms with Gasteiger partial charge in [0.15, 0.2) is 0 Å². The first-order chi connectivity index (χ1) is 10.2. The quantitative estimate of drug-likeness (QED) is 0.443. The highest BCUT2D eigenvalue weighted by Gasteiger charge is 2.09. The van der Waals surface area contributed by atoms with Crippen molar-refractivity contribution in [3.05, 3.63) is 0 Å². The van der Waals surface area contributed by atoms with Gasteiger partial charge in [0.2, 0.25) is 0 Å². The molecule has 5 nitrogen and oxygen atoms in total. The van der Waals surface area contributed by atoms with E-state index >= 15 is 0 Å². The fourth-order valence-corrected chi connectivity index (χ4v) is 1.73. The molecule has 1 unspecified atom stereocenters. The maximum atomic E-state index is 5.58. The van der Waals surface area contributed by atoms with Gasteiger partial charge < -0.3 is 24.3 Å². The summed E-state index contributed by atoms with van der Waals surface area (Å²) in [7, 11) is 1.97. The van der Waals surface area contributed by atoms with Gasteiger partial charge in [-0.05, 0) is 19.4 Å². The maximum Gasteiger partial charge on any atom is 0.0701 e. The van der Waals surface area contributed by atoms with Crippen LogP contribution in [0.2, 0.25) is 0 Å². The lowest BCUT2D eigenvalue weighted by Gasteiger charge is -2.19. The van der Waals surface area contributed by atoms with Gasteiger partial charge >= 0.3 is 0 Å². The molecule has 0 fully saturated rings. The van der Waals surface area contributed by atoms with Crippen LogP contribution < -0.4 is 5.32 Å². The van der Waals surface area contributed by atoms with Crippen LogP contribution in [0.1, 0.15) is 33.6 Å². The summed E-state index contributed by atoms with van der Waals surface area (Å²) < 4.78 is 21.8. The van der Waals surface area contributed by atoms with Gasteiger partial charge in [0.05, 0.1) is 46.2 Å². The maximum absolute atomic E-state index is 5.58. The molecule has 0 aromatic heterocycles. The molecule has 5 heteroatoms. The zero-order valence-electron chi connectivity index (χ0n) is 14.4. The van der Waals surface area contributed by atoms with Crippen LogP contribution in [0.25, 0.3) is 0 Å². The van der Waals surface area contributed by atoms with E-state index in [0.717, 1.165) is 19.6 Å². The molecule has 1 N–H and O–H groups in total. The third-order valence-corrected chi connectivity index (χ3v) is 3.23. The Hall–Kier alpha value is -0.200. The minimum Gasteiger partial charge on any atom is -0.379 e. The number of rotatable bonds is 16. The number of likely N-dealkylation sites (N-methyl/N-ethyl adjacent to an activating group) is 1. The molecular weight excluding hydrogens is 270 g/mol. The molecule has 0 bridgehead atoms. The summed E-state index contributed by atoms with van der Waals surface area (Å²) in [5.74, 6) is 0.573. The lowest BCUT2D eigenvalue weighted by molar-refractivity contribution is -0.00541. The second-order valence-electron chi connectivity index (χ2n) is 5.40. The van der Waals surface area contributed by atoms with Crippen LogP contribution in [0.5, 0.6) is 0 Å². The van der Waals surface area contributed by atoms with Gasteiger partial charge in [-0.25, -0.2) is 0 Å². The van der Waals surface area contributed by atoms with E-state index in [-0.39, 0.29) is 0 Å². The highest BCUT2D eigenvalue weighted by atomic mass is 16.6. The van der Waals surface area contributed by atoms with Crippen molar-refractivity contribution in [2.75, 3.05) is 59.9 Å². The average molecular weight is 305 g/mol. The summed E-state index contributed by atoms with van der Waals surface area (Å²) in [6.07, 6.45) is 2.29. The molecule has 0 aromatic rings. The fourth-order valence-electron chi connectivity index (χ4n) is 1.73. The van der Waals surface area contributed by atoms with E-state index in [0.29, 0.717) is 51.6 Å². The summed E-state index contributed by atoms with van der Waals surface area (Å²) in [5.41, 5.74) is 0. The van der Waals surface area contributed by atoms with E-state index < -0.39 is 0 Å². The zero-order chi connectivity index (χ0) is 15.8. The summed E-state index contributed by atoms with van der Waals surface area (Å²) in [6, 6.07) is 0.404. The molecule has 128 valence electrons. The smallest absolute Gasteiger partial charge is 0.0701 e. The monoisotopic (exact) mass is 305 g/mol. The minimum atomic E-state index is 0.404. The van der Waals surface area contributed by atoms with Crippen molar-refractivity contribution in [3.63, 3.8) is 0 Å². The molecule has 0 saturated heterocycles. The van der Waals surface area contributed by atoms with Gasteiger partial charge in [0, 0.05) is 12.6 Å². The first-order valence-corrected chi connectivity index (χ1v) is 8.20. The van der Waals surface area contributed by atoms with Gasteiger partial charge in [0.25, 0.3) is 0 Å². The van der Waals surface area contributed by atoms with Crippen LogP contribution in [0.15, 0.2) is 0 Å². The Balaban J connectivity index is 3.12. The predicted molar refractivity (Wildman–Crippen MR) is 85.9 cm³/mol. The van der Waals surface area contributed by atoms with Crippen LogP contribution in [0, 0.1) is 5.92 Å². The molecule has 21 heavy (non-hydrogen) atoms. The Morgan fingerprint density at radius 2 is 1.24 bits per heavy atom. The Labute approximate surface area is 130 Å². The number of unbranched alkanes of at least 4 members (excludes halogenated alkanes) is 1. The first kappa shape index (κ1) is 20.8. The number of ether oxygens (including phenoxy) is 4. The molecular formula is C16H35NO4. The first-order valence-electron chi connectivity index (χ1n) is 8.20. The Morgan fingerprint density at radius 3 is 1.67 bits per heavy atom. The van der Waals surface area contributed by atoms with Crippen molar-refractivity contribution in [1.29, 1.82) is 0 Å². The largest absolute Gasteiger partial charge is 0.379 e. The van der Waals surface area contributed by atoms with Crippen LogP contribution in [-0.2, 0) is 18.9 Å². The van der Waals surface area contributed by atoms with Gasteiger partial charge in [-0.1, -0.05) is 27.2 Å². The average Bonchev–Trinajstić information content (AvgIpc) is 2.47. The van der Waals surface area contributed by atoms with Gasteiger partial charge in [0.1, 0.15) is 0 Å². The highest BCUT2D eigenvalue weighted by Crippen LogP contribution is 2.00. The van der Waals surface area contributed by atoms with Gasteiger partial charge in [-0.2, -0.15) is 0 Å². The second kappa shape index (κ2) is 16.2. The molecule has 0 aliphatic heterocycles.